The number of hydrogen-bond donors (Lipinski definition) is 2. The third kappa shape index (κ3) is 4.80. The number of carboxylic acids is 1. The smallest absolute Gasteiger partial charge is 0.326 e. The van der Waals surface area contributed by atoms with E-state index in [2.05, 4.69) is 10.1 Å². The Balaban J connectivity index is 4.90. The van der Waals surface area contributed by atoms with Gasteiger partial charge < -0.3 is 15.2 Å². The zero-order valence-corrected chi connectivity index (χ0v) is 12.6. The van der Waals surface area contributed by atoms with Crippen LogP contribution in [0.2, 0.25) is 0 Å². The molecule has 0 aromatic carbocycles. The summed E-state index contributed by atoms with van der Waals surface area (Å²) in [5.74, 6) is -2.91. The van der Waals surface area contributed by atoms with Gasteiger partial charge in [0.1, 0.15) is 10.8 Å². The highest BCUT2D eigenvalue weighted by Gasteiger charge is 2.40. The van der Waals surface area contributed by atoms with Crippen LogP contribution in [0.1, 0.15) is 26.7 Å². The van der Waals surface area contributed by atoms with E-state index in [-0.39, 0.29) is 12.8 Å². The van der Waals surface area contributed by atoms with Crippen LogP contribution in [-0.4, -0.2) is 55.5 Å². The molecule has 0 radical (unpaired) electrons. The Morgan fingerprint density at radius 2 is 1.80 bits per heavy atom. The summed E-state index contributed by atoms with van der Waals surface area (Å²) in [5, 5.41) is 11.1. The second-order valence-electron chi connectivity index (χ2n) is 4.76. The van der Waals surface area contributed by atoms with E-state index in [4.69, 9.17) is 5.11 Å². The molecule has 9 heteroatoms. The lowest BCUT2D eigenvalue weighted by Gasteiger charge is -2.24. The van der Waals surface area contributed by atoms with Gasteiger partial charge >= 0.3 is 11.9 Å². The van der Waals surface area contributed by atoms with Crippen molar-refractivity contribution >= 4 is 27.7 Å². The summed E-state index contributed by atoms with van der Waals surface area (Å²) < 4.78 is 25.6. The van der Waals surface area contributed by atoms with Gasteiger partial charge in [-0.2, -0.15) is 0 Å². The molecule has 20 heavy (non-hydrogen) atoms. The van der Waals surface area contributed by atoms with Gasteiger partial charge in [-0.25, -0.2) is 13.2 Å². The van der Waals surface area contributed by atoms with Crippen LogP contribution in [0.4, 0.5) is 0 Å². The van der Waals surface area contributed by atoms with Crippen molar-refractivity contribution in [2.45, 2.75) is 37.5 Å². The zero-order valence-electron chi connectivity index (χ0n) is 11.8. The van der Waals surface area contributed by atoms with Crippen LogP contribution in [0.5, 0.6) is 0 Å². The standard InChI is InChI=1S/C11H19NO7S/c1-11(2,20(4,17)18)10(16)12-7(9(14)15)5-6-8(13)19-3/h7H,5-6H2,1-4H3,(H,12,16)(H,14,15)/t7-/m0/s1. The van der Waals surface area contributed by atoms with E-state index in [1.165, 1.54) is 13.8 Å². The van der Waals surface area contributed by atoms with Gasteiger partial charge in [-0.05, 0) is 20.3 Å². The first-order chi connectivity index (χ1) is 8.93. The molecular formula is C11H19NO7S. The Morgan fingerprint density at radius 1 is 1.30 bits per heavy atom. The molecule has 1 amide bonds. The Morgan fingerprint density at radius 3 is 2.15 bits per heavy atom. The first-order valence-corrected chi connectivity index (χ1v) is 7.62. The topological polar surface area (TPSA) is 127 Å². The first kappa shape index (κ1) is 18.4. The van der Waals surface area contributed by atoms with Crippen molar-refractivity contribution < 1.29 is 32.6 Å². The number of esters is 1. The quantitative estimate of drug-likeness (QED) is 0.597. The van der Waals surface area contributed by atoms with Crippen LogP contribution in [0.15, 0.2) is 0 Å². The van der Waals surface area contributed by atoms with Crippen LogP contribution in [-0.2, 0) is 29.0 Å². The maximum atomic E-state index is 11.9. The predicted molar refractivity (Wildman–Crippen MR) is 69.7 cm³/mol. The summed E-state index contributed by atoms with van der Waals surface area (Å²) in [6.07, 6.45) is 0.497. The normalized spacial score (nSPS) is 13.4. The Bertz CT molecular complexity index is 495. The van der Waals surface area contributed by atoms with E-state index in [0.717, 1.165) is 13.4 Å². The van der Waals surface area contributed by atoms with Gasteiger partial charge in [0.15, 0.2) is 9.84 Å². The first-order valence-electron chi connectivity index (χ1n) is 5.73. The van der Waals surface area contributed by atoms with Crippen molar-refractivity contribution in [1.29, 1.82) is 0 Å². The number of ether oxygens (including phenoxy) is 1. The molecule has 0 aliphatic carbocycles. The Kier molecular flexibility index (Phi) is 6.14. The van der Waals surface area contributed by atoms with Crippen molar-refractivity contribution in [3.63, 3.8) is 0 Å². The minimum Gasteiger partial charge on any atom is -0.480 e. The highest BCUT2D eigenvalue weighted by atomic mass is 32.2. The van der Waals surface area contributed by atoms with Crippen molar-refractivity contribution in [2.75, 3.05) is 13.4 Å². The lowest BCUT2D eigenvalue weighted by Crippen LogP contribution is -2.52. The van der Waals surface area contributed by atoms with Gasteiger partial charge in [0.2, 0.25) is 5.91 Å². The molecule has 8 nitrogen and oxygen atoms in total. The van der Waals surface area contributed by atoms with E-state index in [1.807, 2.05) is 0 Å². The molecule has 0 saturated heterocycles. The number of rotatable bonds is 7. The highest BCUT2D eigenvalue weighted by Crippen LogP contribution is 2.16. The Hall–Kier alpha value is -1.64. The van der Waals surface area contributed by atoms with Crippen LogP contribution in [0.3, 0.4) is 0 Å². The molecule has 0 rings (SSSR count). The van der Waals surface area contributed by atoms with E-state index in [0.29, 0.717) is 0 Å². The van der Waals surface area contributed by atoms with Crippen molar-refractivity contribution in [2.24, 2.45) is 0 Å². The predicted octanol–water partition coefficient (Wildman–Crippen LogP) is -0.668. The van der Waals surface area contributed by atoms with Gasteiger partial charge in [0.05, 0.1) is 7.11 Å². The number of sulfone groups is 1. The summed E-state index contributed by atoms with van der Waals surface area (Å²) >= 11 is 0. The fraction of sp³-hybridized carbons (Fsp3) is 0.727. The molecule has 116 valence electrons. The third-order valence-corrected chi connectivity index (χ3v) is 4.98. The minimum atomic E-state index is -3.71. The fourth-order valence-electron chi connectivity index (χ4n) is 1.12. The molecule has 0 aromatic heterocycles. The number of carbonyl (C=O) groups excluding carboxylic acids is 2. The number of carboxylic acid groups (broad SMARTS) is 1. The molecule has 0 heterocycles. The van der Waals surface area contributed by atoms with E-state index >= 15 is 0 Å². The lowest BCUT2D eigenvalue weighted by molar-refractivity contribution is -0.144. The summed E-state index contributed by atoms with van der Waals surface area (Å²) in [6, 6.07) is -1.36. The number of nitrogens with one attached hydrogen (secondary N) is 1. The maximum absolute atomic E-state index is 11.9. The molecule has 0 saturated carbocycles. The SMILES string of the molecule is COC(=O)CC[C@H](NC(=O)C(C)(C)S(C)(=O)=O)C(=O)O. The number of carbonyl (C=O) groups is 3. The van der Waals surface area contributed by atoms with Crippen molar-refractivity contribution in [3.05, 3.63) is 0 Å². The molecule has 0 spiro atoms. The summed E-state index contributed by atoms with van der Waals surface area (Å²) in [4.78, 5) is 33.8. The molecule has 2 N–H and O–H groups in total. The number of hydrogen-bond acceptors (Lipinski definition) is 6. The monoisotopic (exact) mass is 309 g/mol. The maximum Gasteiger partial charge on any atom is 0.326 e. The van der Waals surface area contributed by atoms with Gasteiger partial charge in [0, 0.05) is 12.7 Å². The van der Waals surface area contributed by atoms with Gasteiger partial charge in [-0.15, -0.1) is 0 Å². The van der Waals surface area contributed by atoms with Crippen molar-refractivity contribution in [3.8, 4) is 0 Å². The van der Waals surface area contributed by atoms with E-state index in [1.54, 1.807) is 0 Å². The average molecular weight is 309 g/mol. The third-order valence-electron chi connectivity index (χ3n) is 2.94. The largest absolute Gasteiger partial charge is 0.480 e. The van der Waals surface area contributed by atoms with Gasteiger partial charge in [-0.1, -0.05) is 0 Å². The number of methoxy groups -OCH3 is 1. The lowest BCUT2D eigenvalue weighted by atomic mass is 10.1. The molecule has 1 atom stereocenters. The molecular weight excluding hydrogens is 290 g/mol. The molecule has 0 aliphatic heterocycles. The van der Waals surface area contributed by atoms with E-state index in [9.17, 15) is 22.8 Å². The summed E-state index contributed by atoms with van der Waals surface area (Å²) in [6.45, 7) is 2.35. The Labute approximate surface area is 117 Å². The summed E-state index contributed by atoms with van der Waals surface area (Å²) in [7, 11) is -2.55. The second-order valence-corrected chi connectivity index (χ2v) is 7.33. The number of aliphatic carboxylic acids is 1. The van der Waals surface area contributed by atoms with Gasteiger partial charge in [0.25, 0.3) is 0 Å². The molecule has 0 bridgehead atoms. The summed E-state index contributed by atoms with van der Waals surface area (Å²) in [5.41, 5.74) is 0. The van der Waals surface area contributed by atoms with Gasteiger partial charge in [-0.3, -0.25) is 9.59 Å². The number of amides is 1. The van der Waals surface area contributed by atoms with Crippen LogP contribution in [0.25, 0.3) is 0 Å². The van der Waals surface area contributed by atoms with Crippen LogP contribution < -0.4 is 5.32 Å². The van der Waals surface area contributed by atoms with E-state index < -0.39 is 38.5 Å². The zero-order chi connectivity index (χ0) is 16.1. The molecule has 0 aliphatic rings. The highest BCUT2D eigenvalue weighted by molar-refractivity contribution is 7.92. The van der Waals surface area contributed by atoms with Crippen LogP contribution >= 0.6 is 0 Å². The molecule has 0 aromatic rings. The molecule has 0 fully saturated rings. The van der Waals surface area contributed by atoms with Crippen molar-refractivity contribution in [1.82, 2.24) is 5.32 Å². The second kappa shape index (κ2) is 6.69. The van der Waals surface area contributed by atoms with Crippen LogP contribution in [0, 0.1) is 0 Å². The minimum absolute atomic E-state index is 0.187. The molecule has 0 unspecified atom stereocenters. The average Bonchev–Trinajstić information content (AvgIpc) is 2.31. The fourth-order valence-corrected chi connectivity index (χ4v) is 1.52.